The minimum atomic E-state index is -1.29. The number of carboxylic acid groups (broad SMARTS) is 1. The molecule has 2 rings (SSSR count). The molecule has 20 heavy (non-hydrogen) atoms. The molecule has 1 aromatic carbocycles. The number of rotatable bonds is 5. The molecule has 0 fully saturated rings. The number of benzene rings is 1. The van der Waals surface area contributed by atoms with Crippen LogP contribution in [0, 0.1) is 0 Å². The zero-order valence-corrected chi connectivity index (χ0v) is 11.5. The van der Waals surface area contributed by atoms with Crippen LogP contribution in [0.25, 0.3) is 5.69 Å². The van der Waals surface area contributed by atoms with Crippen LogP contribution in [0.5, 0.6) is 5.75 Å². The molecule has 2 aromatic rings. The molecule has 0 amide bonds. The van der Waals surface area contributed by atoms with Crippen LogP contribution in [0.4, 0.5) is 0 Å². The van der Waals surface area contributed by atoms with E-state index < -0.39 is 11.5 Å². The molecule has 1 heterocycles. The summed E-state index contributed by atoms with van der Waals surface area (Å²) in [5.74, 6) is -0.342. The molecule has 0 saturated heterocycles. The third-order valence-corrected chi connectivity index (χ3v) is 3.19. The van der Waals surface area contributed by atoms with E-state index in [-0.39, 0.29) is 6.42 Å². The number of hydrogen-bond donors (Lipinski definition) is 2. The van der Waals surface area contributed by atoms with Crippen molar-refractivity contribution in [3.63, 3.8) is 0 Å². The van der Waals surface area contributed by atoms with Crippen LogP contribution in [0.3, 0.4) is 0 Å². The van der Waals surface area contributed by atoms with E-state index in [1.54, 1.807) is 7.11 Å². The Bertz CT molecular complexity index is 604. The largest absolute Gasteiger partial charge is 0.495 e. The Labute approximate surface area is 117 Å². The summed E-state index contributed by atoms with van der Waals surface area (Å²) in [5.41, 5.74) is 6.20. The fraction of sp³-hybridized carbons (Fsp3) is 0.267. The highest BCUT2D eigenvalue weighted by Gasteiger charge is 2.28. The lowest BCUT2D eigenvalue weighted by atomic mass is 9.94. The number of carboxylic acids is 1. The van der Waals surface area contributed by atoms with Gasteiger partial charge in [0.2, 0.25) is 0 Å². The first-order chi connectivity index (χ1) is 9.44. The van der Waals surface area contributed by atoms with Crippen LogP contribution in [0.1, 0.15) is 12.5 Å². The van der Waals surface area contributed by atoms with Crippen LogP contribution in [-0.2, 0) is 11.2 Å². The fourth-order valence-electron chi connectivity index (χ4n) is 2.04. The molecular weight excluding hydrogens is 256 g/mol. The molecule has 1 atom stereocenters. The second kappa shape index (κ2) is 5.38. The Hall–Kier alpha value is -2.27. The summed E-state index contributed by atoms with van der Waals surface area (Å²) in [4.78, 5) is 11.1. The molecule has 3 N–H and O–H groups in total. The van der Waals surface area contributed by atoms with Gasteiger partial charge in [-0.3, -0.25) is 4.79 Å². The predicted octanol–water partition coefficient (Wildman–Crippen LogP) is 1.83. The van der Waals surface area contributed by atoms with Gasteiger partial charge >= 0.3 is 5.97 Å². The van der Waals surface area contributed by atoms with Crippen LogP contribution >= 0.6 is 0 Å². The van der Waals surface area contributed by atoms with Crippen molar-refractivity contribution in [2.45, 2.75) is 18.9 Å². The van der Waals surface area contributed by atoms with E-state index in [9.17, 15) is 4.79 Å². The van der Waals surface area contributed by atoms with E-state index in [0.29, 0.717) is 5.75 Å². The maximum atomic E-state index is 11.1. The monoisotopic (exact) mass is 274 g/mol. The fourth-order valence-corrected chi connectivity index (χ4v) is 2.04. The number of nitrogens with two attached hydrogens (primary N) is 1. The second-order valence-corrected chi connectivity index (χ2v) is 5.00. The molecule has 5 heteroatoms. The van der Waals surface area contributed by atoms with Crippen molar-refractivity contribution in [1.82, 2.24) is 4.57 Å². The van der Waals surface area contributed by atoms with E-state index in [1.807, 2.05) is 47.3 Å². The van der Waals surface area contributed by atoms with Crippen molar-refractivity contribution in [2.75, 3.05) is 7.11 Å². The smallest absolute Gasteiger partial charge is 0.323 e. The molecule has 0 spiro atoms. The zero-order valence-electron chi connectivity index (χ0n) is 11.5. The maximum Gasteiger partial charge on any atom is 0.323 e. The normalized spacial score (nSPS) is 13.8. The van der Waals surface area contributed by atoms with Gasteiger partial charge in [-0.1, -0.05) is 6.07 Å². The van der Waals surface area contributed by atoms with Gasteiger partial charge in [0.05, 0.1) is 12.8 Å². The first kappa shape index (κ1) is 14.1. The second-order valence-electron chi connectivity index (χ2n) is 5.00. The van der Waals surface area contributed by atoms with Crippen LogP contribution in [-0.4, -0.2) is 28.3 Å². The lowest BCUT2D eigenvalue weighted by Crippen LogP contribution is -2.46. The first-order valence-electron chi connectivity index (χ1n) is 6.26. The molecular formula is C15H18N2O3. The SMILES string of the molecule is COc1cc(C[C@@](C)(N)C(=O)O)ccc1-n1cccc1. The van der Waals surface area contributed by atoms with Gasteiger partial charge < -0.3 is 20.1 Å². The Morgan fingerprint density at radius 1 is 1.40 bits per heavy atom. The third-order valence-electron chi connectivity index (χ3n) is 3.19. The summed E-state index contributed by atoms with van der Waals surface area (Å²) >= 11 is 0. The average molecular weight is 274 g/mol. The lowest BCUT2D eigenvalue weighted by Gasteiger charge is -2.20. The van der Waals surface area contributed by atoms with Gasteiger partial charge in [0.25, 0.3) is 0 Å². The zero-order chi connectivity index (χ0) is 14.8. The summed E-state index contributed by atoms with van der Waals surface area (Å²) in [7, 11) is 1.59. The molecule has 0 radical (unpaired) electrons. The highest BCUT2D eigenvalue weighted by atomic mass is 16.5. The number of ether oxygens (including phenoxy) is 1. The molecule has 0 aliphatic rings. The number of hydrogen-bond acceptors (Lipinski definition) is 3. The Morgan fingerprint density at radius 3 is 2.60 bits per heavy atom. The van der Waals surface area contributed by atoms with Crippen LogP contribution in [0.15, 0.2) is 42.7 Å². The number of aromatic nitrogens is 1. The number of nitrogens with zero attached hydrogens (tertiary/aromatic N) is 1. The average Bonchev–Trinajstić information content (AvgIpc) is 2.91. The minimum Gasteiger partial charge on any atom is -0.495 e. The van der Waals surface area contributed by atoms with Crippen molar-refractivity contribution < 1.29 is 14.6 Å². The van der Waals surface area contributed by atoms with E-state index in [2.05, 4.69) is 0 Å². The Balaban J connectivity index is 2.33. The topological polar surface area (TPSA) is 77.5 Å². The van der Waals surface area contributed by atoms with Crippen molar-refractivity contribution in [1.29, 1.82) is 0 Å². The summed E-state index contributed by atoms with van der Waals surface area (Å²) < 4.78 is 7.31. The number of aliphatic carboxylic acids is 1. The van der Waals surface area contributed by atoms with Crippen LogP contribution < -0.4 is 10.5 Å². The summed E-state index contributed by atoms with van der Waals surface area (Å²) in [6, 6.07) is 9.44. The lowest BCUT2D eigenvalue weighted by molar-refractivity contribution is -0.142. The van der Waals surface area contributed by atoms with Crippen molar-refractivity contribution in [2.24, 2.45) is 5.73 Å². The first-order valence-corrected chi connectivity index (χ1v) is 6.26. The number of carbonyl (C=O) groups is 1. The standard InChI is InChI=1S/C15H18N2O3/c1-15(16,14(18)19)10-11-5-6-12(13(9-11)20-2)17-7-3-4-8-17/h3-9H,10,16H2,1-2H3,(H,18,19)/t15-/m1/s1. The minimum absolute atomic E-state index is 0.241. The highest BCUT2D eigenvalue weighted by Crippen LogP contribution is 2.26. The van der Waals surface area contributed by atoms with Crippen molar-refractivity contribution in [3.05, 3.63) is 48.3 Å². The predicted molar refractivity (Wildman–Crippen MR) is 76.3 cm³/mol. The van der Waals surface area contributed by atoms with E-state index in [1.165, 1.54) is 6.92 Å². The summed E-state index contributed by atoms with van der Waals surface area (Å²) in [6.07, 6.45) is 4.08. The van der Waals surface area contributed by atoms with Gasteiger partial charge in [-0.2, -0.15) is 0 Å². The Kier molecular flexibility index (Phi) is 3.81. The molecule has 0 saturated carbocycles. The van der Waals surface area contributed by atoms with Gasteiger partial charge in [0.15, 0.2) is 0 Å². The molecule has 0 unspecified atom stereocenters. The van der Waals surface area contributed by atoms with Gasteiger partial charge in [-0.05, 0) is 36.8 Å². The third kappa shape index (κ3) is 2.83. The van der Waals surface area contributed by atoms with Gasteiger partial charge in [0.1, 0.15) is 11.3 Å². The molecule has 106 valence electrons. The van der Waals surface area contributed by atoms with E-state index in [4.69, 9.17) is 15.6 Å². The van der Waals surface area contributed by atoms with Gasteiger partial charge in [-0.15, -0.1) is 0 Å². The van der Waals surface area contributed by atoms with Crippen molar-refractivity contribution in [3.8, 4) is 11.4 Å². The van der Waals surface area contributed by atoms with Crippen molar-refractivity contribution >= 4 is 5.97 Å². The Morgan fingerprint density at radius 2 is 2.05 bits per heavy atom. The highest BCUT2D eigenvalue weighted by molar-refractivity contribution is 5.78. The summed E-state index contributed by atoms with van der Waals surface area (Å²) in [6.45, 7) is 1.50. The van der Waals surface area contributed by atoms with Crippen LogP contribution in [0.2, 0.25) is 0 Å². The molecule has 5 nitrogen and oxygen atoms in total. The van der Waals surface area contributed by atoms with Gasteiger partial charge in [-0.25, -0.2) is 0 Å². The van der Waals surface area contributed by atoms with Gasteiger partial charge in [0, 0.05) is 18.8 Å². The molecule has 0 aliphatic carbocycles. The maximum absolute atomic E-state index is 11.1. The molecule has 0 aliphatic heterocycles. The number of methoxy groups -OCH3 is 1. The molecule has 1 aromatic heterocycles. The van der Waals surface area contributed by atoms with E-state index >= 15 is 0 Å². The summed E-state index contributed by atoms with van der Waals surface area (Å²) in [5, 5.41) is 9.07. The molecule has 0 bridgehead atoms. The van der Waals surface area contributed by atoms with E-state index in [0.717, 1.165) is 11.3 Å². The quantitative estimate of drug-likeness (QED) is 0.872.